The van der Waals surface area contributed by atoms with Crippen LogP contribution in [0.5, 0.6) is 0 Å². The third kappa shape index (κ3) is 11.7. The molecular formula is C45H78FeNP2. The molecule has 6 aliphatic carbocycles. The van der Waals surface area contributed by atoms with Crippen LogP contribution in [-0.4, -0.2) is 52.7 Å². The van der Waals surface area contributed by atoms with Crippen LogP contribution in [0.25, 0.3) is 0 Å². The van der Waals surface area contributed by atoms with Crippen LogP contribution in [0.4, 0.5) is 0 Å². The fourth-order valence-corrected chi connectivity index (χ4v) is 20.3. The van der Waals surface area contributed by atoms with Crippen LogP contribution in [0.15, 0.2) is 24.3 Å². The topological polar surface area (TPSA) is 3.24 Å². The van der Waals surface area contributed by atoms with Gasteiger partial charge in [-0.3, -0.25) is 0 Å². The van der Waals surface area contributed by atoms with Gasteiger partial charge in [-0.15, -0.1) is 0 Å². The molecule has 0 aliphatic heterocycles. The Morgan fingerprint density at radius 1 is 0.531 bits per heavy atom. The summed E-state index contributed by atoms with van der Waals surface area (Å²) in [4.78, 5) is 2.73. The van der Waals surface area contributed by atoms with Crippen LogP contribution in [0.2, 0.25) is 0 Å². The van der Waals surface area contributed by atoms with Gasteiger partial charge in [0, 0.05) is 6.04 Å². The number of hydrogen-bond acceptors (Lipinski definition) is 1. The van der Waals surface area contributed by atoms with Gasteiger partial charge >= 0.3 is 21.0 Å². The molecule has 0 heterocycles. The molecule has 4 heteroatoms. The molecule has 49 heavy (non-hydrogen) atoms. The van der Waals surface area contributed by atoms with Crippen molar-refractivity contribution in [3.8, 4) is 0 Å². The molecule has 1 nitrogen and oxygen atoms in total. The maximum Gasteiger partial charge on any atom is -0.358 e. The zero-order valence-corrected chi connectivity index (χ0v) is 35.4. The van der Waals surface area contributed by atoms with Crippen molar-refractivity contribution in [2.45, 2.75) is 214 Å². The molecule has 2 unspecified atom stereocenters. The second kappa shape index (κ2) is 23.3. The van der Waals surface area contributed by atoms with Crippen molar-refractivity contribution in [2.24, 2.45) is 5.92 Å². The zero-order chi connectivity index (χ0) is 33.6. The van der Waals surface area contributed by atoms with Crippen molar-refractivity contribution in [1.82, 2.24) is 4.90 Å². The van der Waals surface area contributed by atoms with E-state index in [2.05, 4.69) is 64.3 Å². The molecular weight excluding hydrogens is 672 g/mol. The number of nitrogens with zero attached hydrogens (tertiary/aromatic N) is 1. The van der Waals surface area contributed by atoms with Crippen molar-refractivity contribution in [3.05, 3.63) is 37.3 Å². The molecule has 7 rings (SSSR count). The van der Waals surface area contributed by atoms with Gasteiger partial charge in [-0.1, -0.05) is 156 Å². The van der Waals surface area contributed by atoms with E-state index in [-0.39, 0.29) is 23.3 Å². The van der Waals surface area contributed by atoms with Gasteiger partial charge < -0.3 is 12.3 Å². The van der Waals surface area contributed by atoms with Gasteiger partial charge in [0.1, 0.15) is 0 Å². The Morgan fingerprint density at radius 2 is 0.918 bits per heavy atom. The first kappa shape index (κ1) is 42.2. The van der Waals surface area contributed by atoms with Gasteiger partial charge in [0.2, 0.25) is 0 Å². The average Bonchev–Trinajstić information content (AvgIpc) is 3.89. The smallest absolute Gasteiger partial charge is 0.358 e. The van der Waals surface area contributed by atoms with E-state index in [1.165, 1.54) is 148 Å². The van der Waals surface area contributed by atoms with E-state index in [4.69, 9.17) is 0 Å². The molecule has 0 N–H and O–H groups in total. The standard InChI is InChI=1S/C38H63NP2.C5H10.CH3.CH2.Fe/c1-39(2)38(35-27-17-29-37(35)41(32-22-11-5-12-23-32)33-24-13-6-14-25-33)34-26-15-16-28-36(34)40(30-18-7-3-8-19-30)31-20-9-4-10-21-31;1-2-4-5-3-1;;;/h15-16,26,28,30-33,35,37-38H,3-14,17-25,27,29H2,1-2H3;1-5H2;1H3;1H2;/q;;-1;;+1/t35?,37?,38-;;;;/m0..../s1. The van der Waals surface area contributed by atoms with Crippen LogP contribution in [0.1, 0.15) is 191 Å². The minimum absolute atomic E-state index is 0. The molecule has 1 aromatic rings. The fraction of sp³-hybridized carbons (Fsp3) is 0.822. The van der Waals surface area contributed by atoms with Crippen LogP contribution in [0, 0.1) is 13.3 Å². The van der Waals surface area contributed by atoms with Crippen molar-refractivity contribution in [3.63, 3.8) is 0 Å². The Bertz CT molecular complexity index is 959. The summed E-state index contributed by atoms with van der Waals surface area (Å²) in [6.07, 6.45) is 42.5. The third-order valence-electron chi connectivity index (χ3n) is 13.6. The first-order valence-electron chi connectivity index (χ1n) is 21.3. The van der Waals surface area contributed by atoms with Gasteiger partial charge in [-0.25, -0.2) is 0 Å². The molecule has 6 aliphatic rings. The predicted molar refractivity (Wildman–Crippen MR) is 222 cm³/mol. The number of benzene rings is 1. The van der Waals surface area contributed by atoms with Crippen LogP contribution in [0.3, 0.4) is 0 Å². The zero-order valence-electron chi connectivity index (χ0n) is 32.6. The molecule has 0 spiro atoms. The number of hydrogen-bond donors (Lipinski definition) is 0. The van der Waals surface area contributed by atoms with E-state index in [1.807, 2.05) is 5.30 Å². The van der Waals surface area contributed by atoms with E-state index in [9.17, 15) is 0 Å². The predicted octanol–water partition coefficient (Wildman–Crippen LogP) is 13.7. The Kier molecular flexibility index (Phi) is 20.0. The normalized spacial score (nSPS) is 26.9. The monoisotopic (exact) mass is 750 g/mol. The van der Waals surface area contributed by atoms with Crippen LogP contribution in [-0.2, 0) is 15.6 Å². The van der Waals surface area contributed by atoms with Crippen molar-refractivity contribution in [1.29, 1.82) is 0 Å². The van der Waals surface area contributed by atoms with Crippen LogP contribution < -0.4 is 5.30 Å². The average molecular weight is 751 g/mol. The Morgan fingerprint density at radius 3 is 1.35 bits per heavy atom. The van der Waals surface area contributed by atoms with Gasteiger partial charge in [-0.2, -0.15) is 0 Å². The summed E-state index contributed by atoms with van der Waals surface area (Å²) in [5.41, 5.74) is 9.99. The summed E-state index contributed by atoms with van der Waals surface area (Å²) < 4.78 is 0. The van der Waals surface area contributed by atoms with Gasteiger partial charge in [0.05, 0.1) is 0 Å². The first-order chi connectivity index (χ1) is 23.7. The molecule has 6 fully saturated rings. The van der Waals surface area contributed by atoms with Crippen LogP contribution >= 0.6 is 15.8 Å². The molecule has 0 radical (unpaired) electrons. The molecule has 0 amide bonds. The van der Waals surface area contributed by atoms with Gasteiger partial charge in [-0.05, 0) is 123 Å². The van der Waals surface area contributed by atoms with Crippen molar-refractivity contribution in [2.75, 3.05) is 14.1 Å². The maximum absolute atomic E-state index is 3.00. The largest absolute Gasteiger partial charge is 0.358 e. The second-order valence-corrected chi connectivity index (χ2v) is 22.7. The molecule has 3 atom stereocenters. The Labute approximate surface area is 317 Å². The Balaban J connectivity index is 0.000000612. The molecule has 0 saturated heterocycles. The van der Waals surface area contributed by atoms with Gasteiger partial charge in [0.25, 0.3) is 0 Å². The molecule has 0 aromatic heterocycles. The van der Waals surface area contributed by atoms with E-state index in [0.29, 0.717) is 6.04 Å². The van der Waals surface area contributed by atoms with E-state index >= 15 is 0 Å². The third-order valence-corrected chi connectivity index (χ3v) is 21.3. The van der Waals surface area contributed by atoms with E-state index < -0.39 is 0 Å². The van der Waals surface area contributed by atoms with Crippen molar-refractivity contribution >= 4 is 26.6 Å². The van der Waals surface area contributed by atoms with Crippen molar-refractivity contribution < 1.29 is 15.6 Å². The van der Waals surface area contributed by atoms with E-state index in [0.717, 1.165) is 34.2 Å². The summed E-state index contributed by atoms with van der Waals surface area (Å²) in [7, 11) is 5.01. The molecule has 6 saturated carbocycles. The molecule has 1 aromatic carbocycles. The van der Waals surface area contributed by atoms with Gasteiger partial charge in [0.15, 0.2) is 0 Å². The summed E-state index contributed by atoms with van der Waals surface area (Å²) in [5, 5.41) is 1.88. The molecule has 0 bridgehead atoms. The summed E-state index contributed by atoms with van der Waals surface area (Å²) in [5.74, 6) is 0.885. The summed E-state index contributed by atoms with van der Waals surface area (Å²) >= 11 is 3.00. The second-order valence-electron chi connectivity index (χ2n) is 16.9. The minimum Gasteiger partial charge on any atom is -0.358 e. The minimum atomic E-state index is -0.0597. The Hall–Kier alpha value is 0.429. The fourth-order valence-electron chi connectivity index (χ4n) is 11.5. The SMILES string of the molecule is C1CCCC1.CN(C)[C@@H](c1ccccc1P(C1CCCCC1)C1CCCCC1)C1CCCC1P(C1CCCCC1)C1CCCCC1.[CH2]=[Fe+].[CH3-]. The number of rotatable bonds is 9. The van der Waals surface area contributed by atoms with E-state index in [1.54, 1.807) is 37.7 Å². The maximum atomic E-state index is 3.00. The quantitative estimate of drug-likeness (QED) is 0.138. The first-order valence-corrected chi connectivity index (χ1v) is 25.1. The summed E-state index contributed by atoms with van der Waals surface area (Å²) in [6.45, 7) is 0. The molecule has 281 valence electrons. The summed E-state index contributed by atoms with van der Waals surface area (Å²) in [6, 6.07) is 10.8.